The van der Waals surface area contributed by atoms with E-state index in [-0.39, 0.29) is 44.7 Å². The van der Waals surface area contributed by atoms with Crippen LogP contribution in [0.15, 0.2) is 47.8 Å². The summed E-state index contributed by atoms with van der Waals surface area (Å²) in [7, 11) is 6.23. The fraction of sp³-hybridized carbons (Fsp3) is 0.737. The summed E-state index contributed by atoms with van der Waals surface area (Å²) in [6, 6.07) is 10.2. The molecular weight excluding hydrogens is 1010 g/mol. The Kier molecular flexibility index (Phi) is 23.1. The predicted octanol–water partition coefficient (Wildman–Crippen LogP) is 5.00. The number of hydrogen-bond donors (Lipinski definition) is 6. The summed E-state index contributed by atoms with van der Waals surface area (Å²) in [4.78, 5) is 39.7. The van der Waals surface area contributed by atoms with E-state index in [9.17, 15) is 39.5 Å². The Balaban J connectivity index is 1.46. The molecule has 20 nitrogen and oxygen atoms in total. The Labute approximate surface area is 459 Å². The zero-order valence-corrected chi connectivity index (χ0v) is 48.0. The van der Waals surface area contributed by atoms with Gasteiger partial charge in [0, 0.05) is 76.3 Å². The molecule has 1 aromatic heterocycles. The predicted molar refractivity (Wildman–Crippen MR) is 286 cm³/mol. The Bertz CT molecular complexity index is 2310. The van der Waals surface area contributed by atoms with Crippen LogP contribution in [0.3, 0.4) is 0 Å². The van der Waals surface area contributed by atoms with Gasteiger partial charge in [-0.2, -0.15) is 5.26 Å². The molecule has 0 bridgehead atoms. The van der Waals surface area contributed by atoms with Crippen molar-refractivity contribution in [3.63, 3.8) is 0 Å². The van der Waals surface area contributed by atoms with Crippen LogP contribution in [0, 0.1) is 40.9 Å². The molecule has 0 saturated carbocycles. The molecular formula is C57H88FN5O15. The van der Waals surface area contributed by atoms with Crippen LogP contribution < -0.4 is 5.32 Å². The molecule has 1 amide bonds. The molecule has 0 aliphatic carbocycles. The van der Waals surface area contributed by atoms with Crippen molar-refractivity contribution in [1.29, 1.82) is 5.26 Å². The molecule has 0 radical (unpaired) electrons. The standard InChI is InChI=1S/C57H88FN5O15/c1-15-44-57(10,70)50(67)35(6)47(62-74-30-71-12)31(2)25-56(9,73-14)52(33(4)46(34(5)53(69)77-44)43-26-55(8,72-13)51(68)36(7)76-43)78-54-49(66)42(24-32(3)75-54)63(11)23-22-45(64)61-41(27-58)48(65)38-18-16-37(17-19-38)39-20-21-40(28-59)60-29-39/h16-21,29,31-36,41-44,46,48-52,54,65-68,70H,15,22-27,30H2,1-14H3,(H,61,64)/b62-47+/t31-,32-,33+,34-,35+,36+,41-,42+,43-,44-,46?,48-,49-,50-,51+,52-,54+,55-,56-,57-/m1/s1. The molecule has 6 N–H and O–H groups in total. The zero-order chi connectivity index (χ0) is 58.0. The Morgan fingerprint density at radius 1 is 0.962 bits per heavy atom. The van der Waals surface area contributed by atoms with Gasteiger partial charge in [0.25, 0.3) is 0 Å². The van der Waals surface area contributed by atoms with Crippen LogP contribution in [0.5, 0.6) is 0 Å². The fourth-order valence-electron chi connectivity index (χ4n) is 12.1. The molecule has 3 fully saturated rings. The largest absolute Gasteiger partial charge is 0.459 e. The first-order valence-corrected chi connectivity index (χ1v) is 27.2. The van der Waals surface area contributed by atoms with E-state index in [1.807, 2.05) is 38.7 Å². The molecule has 21 heteroatoms. The van der Waals surface area contributed by atoms with Gasteiger partial charge >= 0.3 is 5.97 Å². The molecule has 3 aliphatic rings. The van der Waals surface area contributed by atoms with Gasteiger partial charge in [0.2, 0.25) is 12.7 Å². The maximum atomic E-state index is 14.8. The van der Waals surface area contributed by atoms with Gasteiger partial charge in [-0.15, -0.1) is 0 Å². The van der Waals surface area contributed by atoms with Crippen LogP contribution in [0.1, 0.15) is 119 Å². The maximum Gasteiger partial charge on any atom is 0.309 e. The number of aliphatic hydroxyl groups is 5. The Morgan fingerprint density at radius 2 is 1.62 bits per heavy atom. The van der Waals surface area contributed by atoms with Crippen molar-refractivity contribution in [1.82, 2.24) is 15.2 Å². The van der Waals surface area contributed by atoms with E-state index >= 15 is 0 Å². The highest BCUT2D eigenvalue weighted by Gasteiger charge is 2.56. The quantitative estimate of drug-likeness (QED) is 0.0496. The van der Waals surface area contributed by atoms with E-state index in [1.165, 1.54) is 28.3 Å². The number of aromatic nitrogens is 1. The number of likely N-dealkylation sites (N-methyl/N-ethyl adjacent to an activating group) is 1. The van der Waals surface area contributed by atoms with Crippen molar-refractivity contribution in [2.75, 3.05) is 48.4 Å². The first-order valence-electron chi connectivity index (χ1n) is 27.2. The number of benzene rings is 1. The van der Waals surface area contributed by atoms with Crippen LogP contribution >= 0.6 is 0 Å². The summed E-state index contributed by atoms with van der Waals surface area (Å²) >= 11 is 0. The second-order valence-electron chi connectivity index (χ2n) is 22.6. The van der Waals surface area contributed by atoms with Crippen molar-refractivity contribution in [2.24, 2.45) is 34.7 Å². The molecule has 5 rings (SSSR count). The number of methoxy groups -OCH3 is 3. The third-order valence-corrected chi connectivity index (χ3v) is 16.9. The summed E-state index contributed by atoms with van der Waals surface area (Å²) in [6.45, 7) is 16.4. The summed E-state index contributed by atoms with van der Waals surface area (Å²) in [6.07, 6.45) is -8.54. The zero-order valence-electron chi connectivity index (χ0n) is 48.0. The lowest BCUT2D eigenvalue weighted by atomic mass is 9.67. The van der Waals surface area contributed by atoms with Crippen LogP contribution in [-0.2, 0) is 47.6 Å². The van der Waals surface area contributed by atoms with Crippen LogP contribution in [0.25, 0.3) is 11.1 Å². The second-order valence-corrected chi connectivity index (χ2v) is 22.6. The Hall–Kier alpha value is -4.28. The van der Waals surface area contributed by atoms with Gasteiger partial charge in [0.05, 0.1) is 59.4 Å². The van der Waals surface area contributed by atoms with Gasteiger partial charge in [-0.05, 0) is 90.1 Å². The summed E-state index contributed by atoms with van der Waals surface area (Å²) in [5.41, 5.74) is -1.87. The highest BCUT2D eigenvalue weighted by molar-refractivity contribution is 5.89. The molecule has 0 spiro atoms. The van der Waals surface area contributed by atoms with Gasteiger partial charge in [-0.3, -0.25) is 9.59 Å². The maximum absolute atomic E-state index is 14.8. The highest BCUT2D eigenvalue weighted by Crippen LogP contribution is 2.46. The van der Waals surface area contributed by atoms with Gasteiger partial charge in [0.1, 0.15) is 48.5 Å². The number of amides is 1. The van der Waals surface area contributed by atoms with E-state index in [1.54, 1.807) is 84.3 Å². The van der Waals surface area contributed by atoms with E-state index < -0.39 is 138 Å². The third-order valence-electron chi connectivity index (χ3n) is 16.9. The number of esters is 1. The molecule has 438 valence electrons. The number of pyridine rings is 1. The van der Waals surface area contributed by atoms with Gasteiger partial charge < -0.3 is 73.7 Å². The topological polar surface area (TPSA) is 273 Å². The molecule has 2 aromatic rings. The molecule has 78 heavy (non-hydrogen) atoms. The number of oxime groups is 1. The summed E-state index contributed by atoms with van der Waals surface area (Å²) in [5.74, 6) is -5.09. The molecule has 3 saturated heterocycles. The van der Waals surface area contributed by atoms with Gasteiger partial charge in [0.15, 0.2) is 6.29 Å². The Morgan fingerprint density at radius 3 is 2.19 bits per heavy atom. The average Bonchev–Trinajstić information content (AvgIpc) is 3.42. The van der Waals surface area contributed by atoms with Crippen molar-refractivity contribution in [2.45, 2.75) is 191 Å². The van der Waals surface area contributed by atoms with E-state index in [0.717, 1.165) is 11.1 Å². The molecule has 20 atom stereocenters. The van der Waals surface area contributed by atoms with Crippen molar-refractivity contribution in [3.8, 4) is 17.2 Å². The van der Waals surface area contributed by atoms with Crippen LogP contribution in [0.4, 0.5) is 4.39 Å². The van der Waals surface area contributed by atoms with E-state index in [4.69, 9.17) is 43.3 Å². The number of cyclic esters (lactones) is 1. The number of carbonyl (C=O) groups is 2. The van der Waals surface area contributed by atoms with Crippen LogP contribution in [0.2, 0.25) is 0 Å². The minimum atomic E-state index is -1.97. The second kappa shape index (κ2) is 27.9. The van der Waals surface area contributed by atoms with Crippen LogP contribution in [-0.4, -0.2) is 185 Å². The highest BCUT2D eigenvalue weighted by atomic mass is 19.1. The fourth-order valence-corrected chi connectivity index (χ4v) is 12.1. The van der Waals surface area contributed by atoms with Crippen molar-refractivity contribution in [3.05, 3.63) is 53.9 Å². The monoisotopic (exact) mass is 1100 g/mol. The number of alkyl halides is 1. The molecule has 1 unspecified atom stereocenters. The number of aliphatic hydroxyl groups excluding tert-OH is 4. The number of hydrogen-bond acceptors (Lipinski definition) is 19. The molecule has 4 heterocycles. The van der Waals surface area contributed by atoms with Crippen molar-refractivity contribution < 1.29 is 77.5 Å². The number of carbonyl (C=O) groups excluding carboxylic acids is 2. The lowest BCUT2D eigenvalue weighted by Gasteiger charge is -2.52. The first kappa shape index (κ1) is 64.5. The number of nitriles is 1. The first-order chi connectivity index (χ1) is 36.7. The summed E-state index contributed by atoms with van der Waals surface area (Å²) in [5, 5.41) is 75.3. The number of ether oxygens (including phenoxy) is 7. The minimum Gasteiger partial charge on any atom is -0.459 e. The minimum absolute atomic E-state index is 0.113. The lowest BCUT2D eigenvalue weighted by Crippen LogP contribution is -2.62. The van der Waals surface area contributed by atoms with Gasteiger partial charge in [-0.1, -0.05) is 64.0 Å². The smallest absolute Gasteiger partial charge is 0.309 e. The third kappa shape index (κ3) is 14.8. The SMILES string of the molecule is CC[C@H]1OC(=O)[C@H](C)C([C@H]2C[C@@](C)(OC)[C@@H](O)[C@H](C)O2)[C@H](C)[C@@H](O[C@@H]2O[C@H](C)C[C@H](N(C)CCC(=O)N[C@H](CF)[C@H](O)c3ccc(-c4ccc(C#N)nc4)cc3)[C@H]2O)[C@](C)(OC)C[C@@H](C)/C(=N\OCOC)[C@H](C)[C@@H](O)[C@]1(C)O. The molecule has 3 aliphatic heterocycles. The van der Waals surface area contributed by atoms with Gasteiger partial charge in [-0.25, -0.2) is 9.37 Å². The average molecular weight is 1100 g/mol. The number of nitrogens with one attached hydrogen (secondary N) is 1. The van der Waals surface area contributed by atoms with E-state index in [0.29, 0.717) is 17.7 Å². The number of nitrogens with zero attached hydrogens (tertiary/aromatic N) is 4. The van der Waals surface area contributed by atoms with Crippen molar-refractivity contribution >= 4 is 17.6 Å². The number of rotatable bonds is 18. The summed E-state index contributed by atoms with van der Waals surface area (Å²) < 4.78 is 58.7. The normalized spacial score (nSPS) is 37.7. The molecule has 1 aromatic carbocycles. The van der Waals surface area contributed by atoms with E-state index in [2.05, 4.69) is 15.5 Å². The number of halogens is 1. The lowest BCUT2D eigenvalue weighted by molar-refractivity contribution is -0.305.